The lowest BCUT2D eigenvalue weighted by Gasteiger charge is -2.39. The monoisotopic (exact) mass is 202 g/mol. The molecule has 2 nitrogen and oxygen atoms in total. The molecule has 1 saturated carbocycles. The van der Waals surface area contributed by atoms with E-state index >= 15 is 0 Å². The highest BCUT2D eigenvalue weighted by Gasteiger charge is 2.32. The van der Waals surface area contributed by atoms with E-state index in [0.717, 1.165) is 17.8 Å². The van der Waals surface area contributed by atoms with Crippen LogP contribution in [0.4, 0.5) is 0 Å². The molecule has 2 aliphatic rings. The molecule has 0 spiro atoms. The van der Waals surface area contributed by atoms with Gasteiger partial charge in [-0.2, -0.15) is 0 Å². The fourth-order valence-corrected chi connectivity index (χ4v) is 3.28. The molecule has 2 bridgehead atoms. The summed E-state index contributed by atoms with van der Waals surface area (Å²) in [6.45, 7) is 2.46. The normalized spacial score (nSPS) is 35.1. The Labute approximate surface area is 91.1 Å². The van der Waals surface area contributed by atoms with Gasteiger partial charge >= 0.3 is 0 Å². The quantitative estimate of drug-likeness (QED) is 0.755. The summed E-state index contributed by atoms with van der Waals surface area (Å²) in [5.74, 6) is 2.58. The van der Waals surface area contributed by atoms with E-state index in [9.17, 15) is 0 Å². The lowest BCUT2D eigenvalue weighted by molar-refractivity contribution is 0.186. The maximum absolute atomic E-state index is 4.24. The van der Waals surface area contributed by atoms with Crippen molar-refractivity contribution in [2.45, 2.75) is 25.2 Å². The summed E-state index contributed by atoms with van der Waals surface area (Å²) in [4.78, 5) is 4.24. The van der Waals surface area contributed by atoms with Gasteiger partial charge in [0.2, 0.25) is 0 Å². The second-order valence-electron chi connectivity index (χ2n) is 5.08. The maximum Gasteiger partial charge on any atom is 0.0302 e. The molecule has 2 heteroatoms. The van der Waals surface area contributed by atoms with E-state index in [1.54, 1.807) is 0 Å². The van der Waals surface area contributed by atoms with Gasteiger partial charge < -0.3 is 5.32 Å². The second-order valence-corrected chi connectivity index (χ2v) is 5.08. The molecule has 1 N–H and O–H groups in total. The molecule has 2 atom stereocenters. The van der Waals surface area contributed by atoms with Crippen molar-refractivity contribution in [3.63, 3.8) is 0 Å². The summed E-state index contributed by atoms with van der Waals surface area (Å²) in [6.07, 6.45) is 8.09. The topological polar surface area (TPSA) is 24.9 Å². The number of nitrogens with one attached hydrogen (secondary N) is 1. The highest BCUT2D eigenvalue weighted by Crippen LogP contribution is 2.40. The molecular formula is C13H18N2. The Morgan fingerprint density at radius 2 is 1.93 bits per heavy atom. The van der Waals surface area contributed by atoms with Crippen molar-refractivity contribution in [2.75, 3.05) is 13.1 Å². The molecule has 0 radical (unpaired) electrons. The van der Waals surface area contributed by atoms with Crippen molar-refractivity contribution in [3.05, 3.63) is 30.1 Å². The van der Waals surface area contributed by atoms with Crippen LogP contribution >= 0.6 is 0 Å². The van der Waals surface area contributed by atoms with Crippen molar-refractivity contribution in [3.8, 4) is 0 Å². The first-order valence-corrected chi connectivity index (χ1v) is 6.02. The van der Waals surface area contributed by atoms with Crippen molar-refractivity contribution < 1.29 is 0 Å². The van der Waals surface area contributed by atoms with E-state index in [1.165, 1.54) is 37.9 Å². The molecule has 1 aromatic heterocycles. The number of nitrogens with zero attached hydrogens (tertiary/aromatic N) is 1. The van der Waals surface area contributed by atoms with Crippen LogP contribution in [0.1, 0.15) is 30.7 Å². The highest BCUT2D eigenvalue weighted by molar-refractivity contribution is 5.16. The third kappa shape index (κ3) is 1.91. The van der Waals surface area contributed by atoms with Crippen LogP contribution in [0.2, 0.25) is 0 Å². The van der Waals surface area contributed by atoms with Gasteiger partial charge in [-0.05, 0) is 61.7 Å². The summed E-state index contributed by atoms with van der Waals surface area (Å²) in [5.41, 5.74) is 1.45. The van der Waals surface area contributed by atoms with E-state index in [-0.39, 0.29) is 0 Å². The zero-order valence-electron chi connectivity index (χ0n) is 9.02. The van der Waals surface area contributed by atoms with Gasteiger partial charge in [-0.3, -0.25) is 4.98 Å². The number of piperidine rings is 1. The summed E-state index contributed by atoms with van der Waals surface area (Å²) < 4.78 is 0. The average Bonchev–Trinajstić information content (AvgIpc) is 2.30. The molecule has 0 aromatic carbocycles. The van der Waals surface area contributed by atoms with Gasteiger partial charge in [-0.1, -0.05) is 6.07 Å². The first-order valence-electron chi connectivity index (χ1n) is 6.02. The molecule has 1 aromatic rings. The SMILES string of the molecule is c1cncc(C2CC3CNCC(C3)C2)c1. The van der Waals surface area contributed by atoms with Gasteiger partial charge in [0.25, 0.3) is 0 Å². The Morgan fingerprint density at radius 3 is 2.60 bits per heavy atom. The van der Waals surface area contributed by atoms with Crippen LogP contribution in [-0.4, -0.2) is 18.1 Å². The predicted molar refractivity (Wildman–Crippen MR) is 60.7 cm³/mol. The fraction of sp³-hybridized carbons (Fsp3) is 0.615. The smallest absolute Gasteiger partial charge is 0.0302 e. The van der Waals surface area contributed by atoms with E-state index < -0.39 is 0 Å². The molecule has 15 heavy (non-hydrogen) atoms. The van der Waals surface area contributed by atoms with Crippen molar-refractivity contribution >= 4 is 0 Å². The number of fused-ring (bicyclic) bond motifs is 2. The molecule has 2 fully saturated rings. The molecule has 1 aliphatic carbocycles. The molecule has 1 saturated heterocycles. The van der Waals surface area contributed by atoms with Gasteiger partial charge in [-0.25, -0.2) is 0 Å². The van der Waals surface area contributed by atoms with Crippen molar-refractivity contribution in [1.29, 1.82) is 0 Å². The van der Waals surface area contributed by atoms with Gasteiger partial charge in [0.1, 0.15) is 0 Å². The zero-order chi connectivity index (χ0) is 10.1. The Balaban J connectivity index is 1.78. The number of aromatic nitrogens is 1. The highest BCUT2D eigenvalue weighted by atomic mass is 14.9. The minimum absolute atomic E-state index is 0.768. The Morgan fingerprint density at radius 1 is 1.13 bits per heavy atom. The second kappa shape index (κ2) is 3.93. The van der Waals surface area contributed by atoms with Gasteiger partial charge in [-0.15, -0.1) is 0 Å². The largest absolute Gasteiger partial charge is 0.316 e. The van der Waals surface area contributed by atoms with Crippen LogP contribution < -0.4 is 5.32 Å². The van der Waals surface area contributed by atoms with E-state index in [1.807, 2.05) is 6.20 Å². The Hall–Kier alpha value is -0.890. The fourth-order valence-electron chi connectivity index (χ4n) is 3.28. The van der Waals surface area contributed by atoms with Crippen LogP contribution in [0.15, 0.2) is 24.5 Å². The van der Waals surface area contributed by atoms with E-state index in [0.29, 0.717) is 0 Å². The number of rotatable bonds is 1. The number of hydrogen-bond donors (Lipinski definition) is 1. The molecule has 3 rings (SSSR count). The summed E-state index contributed by atoms with van der Waals surface area (Å²) in [7, 11) is 0. The molecule has 0 amide bonds. The lowest BCUT2D eigenvalue weighted by atomic mass is 9.71. The minimum Gasteiger partial charge on any atom is -0.316 e. The third-order valence-electron chi connectivity index (χ3n) is 3.92. The van der Waals surface area contributed by atoms with Crippen LogP contribution in [0.5, 0.6) is 0 Å². The first-order chi connectivity index (χ1) is 7.42. The zero-order valence-corrected chi connectivity index (χ0v) is 9.02. The third-order valence-corrected chi connectivity index (χ3v) is 3.92. The van der Waals surface area contributed by atoms with Crippen LogP contribution in [0.3, 0.4) is 0 Å². The molecule has 2 unspecified atom stereocenters. The molecule has 80 valence electrons. The van der Waals surface area contributed by atoms with Crippen LogP contribution in [0, 0.1) is 11.8 Å². The standard InChI is InChI=1S/C13H18N2/c1-2-12(9-14-3-1)13-5-10-4-11(6-13)8-15-7-10/h1-3,9-11,13,15H,4-8H2. The number of pyridine rings is 1. The predicted octanol–water partition coefficient (Wildman–Crippen LogP) is 2.18. The van der Waals surface area contributed by atoms with Gasteiger partial charge in [0.15, 0.2) is 0 Å². The summed E-state index contributed by atoms with van der Waals surface area (Å²) >= 11 is 0. The van der Waals surface area contributed by atoms with Crippen molar-refractivity contribution in [1.82, 2.24) is 10.3 Å². The van der Waals surface area contributed by atoms with E-state index in [4.69, 9.17) is 0 Å². The van der Waals surface area contributed by atoms with E-state index in [2.05, 4.69) is 28.6 Å². The molecular weight excluding hydrogens is 184 g/mol. The number of hydrogen-bond acceptors (Lipinski definition) is 2. The lowest BCUT2D eigenvalue weighted by Crippen LogP contribution is -2.40. The van der Waals surface area contributed by atoms with Gasteiger partial charge in [0.05, 0.1) is 0 Å². The summed E-state index contributed by atoms with van der Waals surface area (Å²) in [6, 6.07) is 4.31. The van der Waals surface area contributed by atoms with Gasteiger partial charge in [0, 0.05) is 12.4 Å². The average molecular weight is 202 g/mol. The Bertz CT molecular complexity index is 311. The molecule has 2 heterocycles. The maximum atomic E-state index is 4.24. The van der Waals surface area contributed by atoms with Crippen molar-refractivity contribution in [2.24, 2.45) is 11.8 Å². The Kier molecular flexibility index (Phi) is 2.45. The summed E-state index contributed by atoms with van der Waals surface area (Å²) in [5, 5.41) is 3.54. The molecule has 1 aliphatic heterocycles. The minimum atomic E-state index is 0.768. The van der Waals surface area contributed by atoms with Crippen LogP contribution in [-0.2, 0) is 0 Å². The first kappa shape index (κ1) is 9.34. The van der Waals surface area contributed by atoms with Crippen LogP contribution in [0.25, 0.3) is 0 Å².